The van der Waals surface area contributed by atoms with Crippen molar-refractivity contribution in [3.05, 3.63) is 65.7 Å². The number of piperidine rings is 1. The lowest BCUT2D eigenvalue weighted by atomic mass is 10.0. The van der Waals surface area contributed by atoms with Crippen LogP contribution >= 0.6 is 0 Å². The van der Waals surface area contributed by atoms with Gasteiger partial charge in [0.2, 0.25) is 10.0 Å². The Morgan fingerprint density at radius 1 is 0.960 bits per heavy atom. The molecule has 1 heterocycles. The molecule has 25 heavy (non-hydrogen) atoms. The van der Waals surface area contributed by atoms with Crippen molar-refractivity contribution in [1.82, 2.24) is 9.62 Å². The van der Waals surface area contributed by atoms with Crippen LogP contribution in [0.2, 0.25) is 0 Å². The van der Waals surface area contributed by atoms with Gasteiger partial charge in [0, 0.05) is 12.6 Å². The van der Waals surface area contributed by atoms with Crippen molar-refractivity contribution in [2.45, 2.75) is 37.1 Å². The van der Waals surface area contributed by atoms with Crippen LogP contribution in [0.25, 0.3) is 0 Å². The lowest BCUT2D eigenvalue weighted by Gasteiger charge is -2.35. The summed E-state index contributed by atoms with van der Waals surface area (Å²) in [6.45, 7) is 4.26. The fraction of sp³-hybridized carbons (Fsp3) is 0.400. The van der Waals surface area contributed by atoms with Crippen LogP contribution in [0.4, 0.5) is 0 Å². The Balaban J connectivity index is 1.80. The maximum absolute atomic E-state index is 12.7. The van der Waals surface area contributed by atoms with Gasteiger partial charge < -0.3 is 0 Å². The molecule has 0 radical (unpaired) electrons. The molecule has 134 valence electrons. The topological polar surface area (TPSA) is 49.4 Å². The van der Waals surface area contributed by atoms with Gasteiger partial charge in [0.25, 0.3) is 0 Å². The van der Waals surface area contributed by atoms with Gasteiger partial charge in [0.1, 0.15) is 0 Å². The number of nitrogens with one attached hydrogen (secondary N) is 1. The Labute approximate surface area is 150 Å². The minimum absolute atomic E-state index is 0.0697. The molecule has 1 atom stereocenters. The summed E-state index contributed by atoms with van der Waals surface area (Å²) in [5.41, 5.74) is 1.93. The number of hydrogen-bond donors (Lipinski definition) is 1. The summed E-state index contributed by atoms with van der Waals surface area (Å²) in [4.78, 5) is 2.76. The number of sulfonamides is 1. The summed E-state index contributed by atoms with van der Waals surface area (Å²) < 4.78 is 28.3. The van der Waals surface area contributed by atoms with E-state index in [1.807, 2.05) is 37.3 Å². The number of aryl methyl sites for hydroxylation is 1. The molecule has 0 spiro atoms. The molecule has 2 aromatic carbocycles. The minimum Gasteiger partial charge on any atom is -0.295 e. The molecule has 1 saturated heterocycles. The van der Waals surface area contributed by atoms with E-state index in [4.69, 9.17) is 0 Å². The Morgan fingerprint density at radius 2 is 1.60 bits per heavy atom. The van der Waals surface area contributed by atoms with Crippen LogP contribution in [0.1, 0.15) is 36.4 Å². The number of nitrogens with zero attached hydrogens (tertiary/aromatic N) is 1. The van der Waals surface area contributed by atoms with Crippen LogP contribution in [0, 0.1) is 6.92 Å². The number of hydrogen-bond acceptors (Lipinski definition) is 3. The van der Waals surface area contributed by atoms with Gasteiger partial charge in [-0.15, -0.1) is 0 Å². The van der Waals surface area contributed by atoms with Gasteiger partial charge >= 0.3 is 0 Å². The number of benzene rings is 2. The molecule has 1 aliphatic heterocycles. The quantitative estimate of drug-likeness (QED) is 0.860. The van der Waals surface area contributed by atoms with Crippen molar-refractivity contribution in [3.63, 3.8) is 0 Å². The van der Waals surface area contributed by atoms with Crippen LogP contribution in [0.5, 0.6) is 0 Å². The molecule has 0 saturated carbocycles. The Morgan fingerprint density at radius 3 is 2.28 bits per heavy atom. The number of rotatable bonds is 6. The van der Waals surface area contributed by atoms with E-state index in [-0.39, 0.29) is 6.04 Å². The first-order chi connectivity index (χ1) is 12.1. The molecule has 3 rings (SSSR count). The summed E-state index contributed by atoms with van der Waals surface area (Å²) in [6, 6.07) is 17.4. The summed E-state index contributed by atoms with van der Waals surface area (Å²) in [7, 11) is -3.51. The molecule has 2 aromatic rings. The Hall–Kier alpha value is -1.69. The molecule has 5 heteroatoms. The van der Waals surface area contributed by atoms with E-state index < -0.39 is 10.0 Å². The van der Waals surface area contributed by atoms with Crippen LogP contribution in [-0.2, 0) is 10.0 Å². The lowest BCUT2D eigenvalue weighted by Crippen LogP contribution is -2.40. The molecule has 0 bridgehead atoms. The molecule has 0 amide bonds. The van der Waals surface area contributed by atoms with E-state index >= 15 is 0 Å². The largest absolute Gasteiger partial charge is 0.295 e. The normalized spacial score (nSPS) is 17.3. The predicted octanol–water partition coefficient (Wildman–Crippen LogP) is 3.50. The Bertz CT molecular complexity index is 784. The van der Waals surface area contributed by atoms with E-state index in [1.54, 1.807) is 12.1 Å². The van der Waals surface area contributed by atoms with Crippen molar-refractivity contribution in [2.24, 2.45) is 0 Å². The molecular formula is C20H26N2O2S. The third-order valence-corrected chi connectivity index (χ3v) is 6.45. The fourth-order valence-corrected chi connectivity index (χ4v) is 4.77. The minimum atomic E-state index is -3.51. The zero-order valence-corrected chi connectivity index (χ0v) is 15.5. The van der Waals surface area contributed by atoms with Crippen molar-refractivity contribution in [3.8, 4) is 0 Å². The first-order valence-corrected chi connectivity index (χ1v) is 10.4. The van der Waals surface area contributed by atoms with Gasteiger partial charge in [-0.05, 0) is 50.0 Å². The third kappa shape index (κ3) is 4.48. The van der Waals surface area contributed by atoms with Crippen molar-refractivity contribution in [1.29, 1.82) is 0 Å². The third-order valence-electron chi connectivity index (χ3n) is 4.87. The lowest BCUT2D eigenvalue weighted by molar-refractivity contribution is 0.164. The summed E-state index contributed by atoms with van der Waals surface area (Å²) >= 11 is 0. The molecule has 0 aliphatic carbocycles. The second-order valence-electron chi connectivity index (χ2n) is 6.64. The SMILES string of the molecule is Cc1ccccc1S(=O)(=O)NCC(c1ccccc1)N1CCCCC1. The van der Waals surface area contributed by atoms with Gasteiger partial charge in [-0.2, -0.15) is 0 Å². The van der Waals surface area contributed by atoms with Gasteiger partial charge in [-0.1, -0.05) is 55.0 Å². The fourth-order valence-electron chi connectivity index (χ4n) is 3.49. The second-order valence-corrected chi connectivity index (χ2v) is 8.38. The summed E-state index contributed by atoms with van der Waals surface area (Å²) in [5, 5.41) is 0. The molecular weight excluding hydrogens is 332 g/mol. The van der Waals surface area contributed by atoms with Crippen LogP contribution < -0.4 is 4.72 Å². The van der Waals surface area contributed by atoms with Crippen LogP contribution in [-0.4, -0.2) is 33.0 Å². The van der Waals surface area contributed by atoms with Crippen LogP contribution in [0.15, 0.2) is 59.5 Å². The average molecular weight is 359 g/mol. The van der Waals surface area contributed by atoms with Crippen LogP contribution in [0.3, 0.4) is 0 Å². The second kappa shape index (κ2) is 8.13. The highest BCUT2D eigenvalue weighted by Crippen LogP contribution is 2.25. The zero-order chi connectivity index (χ0) is 17.7. The highest BCUT2D eigenvalue weighted by molar-refractivity contribution is 7.89. The zero-order valence-electron chi connectivity index (χ0n) is 14.7. The first-order valence-electron chi connectivity index (χ1n) is 8.92. The van der Waals surface area contributed by atoms with Gasteiger partial charge in [0.15, 0.2) is 0 Å². The molecule has 1 aliphatic rings. The van der Waals surface area contributed by atoms with Gasteiger partial charge in [-0.3, -0.25) is 4.90 Å². The Kier molecular flexibility index (Phi) is 5.89. The smallest absolute Gasteiger partial charge is 0.240 e. The molecule has 4 nitrogen and oxygen atoms in total. The van der Waals surface area contributed by atoms with Gasteiger partial charge in [-0.25, -0.2) is 13.1 Å². The maximum atomic E-state index is 12.7. The first kappa shape index (κ1) is 18.1. The van der Waals surface area contributed by atoms with E-state index in [0.717, 1.165) is 24.2 Å². The van der Waals surface area contributed by atoms with Crippen molar-refractivity contribution in [2.75, 3.05) is 19.6 Å². The number of likely N-dealkylation sites (tertiary alicyclic amines) is 1. The standard InChI is InChI=1S/C20H26N2O2S/c1-17-10-6-7-13-20(17)25(23,24)21-16-19(18-11-4-2-5-12-18)22-14-8-3-9-15-22/h2,4-7,10-13,19,21H,3,8-9,14-16H2,1H3. The monoisotopic (exact) mass is 358 g/mol. The van der Waals surface area contributed by atoms with Gasteiger partial charge in [0.05, 0.1) is 4.90 Å². The maximum Gasteiger partial charge on any atom is 0.240 e. The predicted molar refractivity (Wildman–Crippen MR) is 101 cm³/mol. The molecule has 1 unspecified atom stereocenters. The summed E-state index contributed by atoms with van der Waals surface area (Å²) in [5.74, 6) is 0. The van der Waals surface area contributed by atoms with E-state index in [9.17, 15) is 8.42 Å². The summed E-state index contributed by atoms with van der Waals surface area (Å²) in [6.07, 6.45) is 3.61. The molecule has 1 fully saturated rings. The van der Waals surface area contributed by atoms with E-state index in [0.29, 0.717) is 11.4 Å². The van der Waals surface area contributed by atoms with E-state index in [1.165, 1.54) is 19.3 Å². The molecule has 0 aromatic heterocycles. The molecule has 1 N–H and O–H groups in total. The highest BCUT2D eigenvalue weighted by atomic mass is 32.2. The van der Waals surface area contributed by atoms with Crippen molar-refractivity contribution < 1.29 is 8.42 Å². The highest BCUT2D eigenvalue weighted by Gasteiger charge is 2.25. The van der Waals surface area contributed by atoms with E-state index in [2.05, 4.69) is 21.8 Å². The average Bonchev–Trinajstić information content (AvgIpc) is 2.64. The van der Waals surface area contributed by atoms with Crippen molar-refractivity contribution >= 4 is 10.0 Å².